The van der Waals surface area contributed by atoms with E-state index in [0.717, 1.165) is 43.5 Å². The van der Waals surface area contributed by atoms with Crippen LogP contribution in [0.3, 0.4) is 0 Å². The van der Waals surface area contributed by atoms with Crippen LogP contribution in [-0.4, -0.2) is 33.7 Å². The van der Waals surface area contributed by atoms with Crippen LogP contribution >= 0.6 is 0 Å². The molecule has 0 saturated heterocycles. The van der Waals surface area contributed by atoms with Crippen molar-refractivity contribution in [3.63, 3.8) is 0 Å². The molecular formula is C20H24F3N3O. The molecule has 2 aromatic rings. The summed E-state index contributed by atoms with van der Waals surface area (Å²) in [7, 11) is 0. The molecule has 0 bridgehead atoms. The number of benzene rings is 1. The second-order valence-corrected chi connectivity index (χ2v) is 6.92. The summed E-state index contributed by atoms with van der Waals surface area (Å²) >= 11 is 0. The van der Waals surface area contributed by atoms with Gasteiger partial charge in [-0.25, -0.2) is 4.68 Å². The molecule has 0 aliphatic heterocycles. The molecule has 27 heavy (non-hydrogen) atoms. The van der Waals surface area contributed by atoms with Crippen LogP contribution in [0.25, 0.3) is 5.69 Å². The quantitative estimate of drug-likeness (QED) is 0.677. The standard InChI is InChI=1S/C20H24F3N3O/c1-3-5-11-25(4-2)19(27)17-13-24-26(18(17)14-9-10-14)16-8-6-7-15(12-16)20(21,22)23/h6-8,12-14H,3-5,9-11H2,1-2H3. The molecule has 1 amide bonds. The number of rotatable bonds is 7. The lowest BCUT2D eigenvalue weighted by molar-refractivity contribution is -0.137. The summed E-state index contributed by atoms with van der Waals surface area (Å²) in [4.78, 5) is 14.8. The van der Waals surface area contributed by atoms with E-state index in [9.17, 15) is 18.0 Å². The van der Waals surface area contributed by atoms with E-state index in [4.69, 9.17) is 0 Å². The molecule has 7 heteroatoms. The number of amides is 1. The Morgan fingerprint density at radius 1 is 1.30 bits per heavy atom. The van der Waals surface area contributed by atoms with Gasteiger partial charge in [-0.05, 0) is 44.4 Å². The molecule has 4 nitrogen and oxygen atoms in total. The molecule has 0 N–H and O–H groups in total. The highest BCUT2D eigenvalue weighted by molar-refractivity contribution is 5.95. The SMILES string of the molecule is CCCCN(CC)C(=O)c1cnn(-c2cccc(C(F)(F)F)c2)c1C1CC1. The number of carbonyl (C=O) groups excluding carboxylic acids is 1. The number of hydrogen-bond acceptors (Lipinski definition) is 2. The van der Waals surface area contributed by atoms with Crippen LogP contribution < -0.4 is 0 Å². The first-order valence-electron chi connectivity index (χ1n) is 9.41. The molecule has 1 heterocycles. The maximum absolute atomic E-state index is 13.1. The van der Waals surface area contributed by atoms with Gasteiger partial charge < -0.3 is 4.90 Å². The van der Waals surface area contributed by atoms with Gasteiger partial charge in [-0.15, -0.1) is 0 Å². The van der Waals surface area contributed by atoms with Gasteiger partial charge in [0, 0.05) is 19.0 Å². The molecule has 1 aromatic heterocycles. The van der Waals surface area contributed by atoms with Gasteiger partial charge >= 0.3 is 6.18 Å². The summed E-state index contributed by atoms with van der Waals surface area (Å²) in [5.41, 5.74) is 0.854. The summed E-state index contributed by atoms with van der Waals surface area (Å²) in [5.74, 6) is 0.0805. The first kappa shape index (κ1) is 19.5. The van der Waals surface area contributed by atoms with Gasteiger partial charge in [0.2, 0.25) is 0 Å². The van der Waals surface area contributed by atoms with E-state index in [1.807, 2.05) is 6.92 Å². The van der Waals surface area contributed by atoms with Gasteiger partial charge in [0.15, 0.2) is 0 Å². The average Bonchev–Trinajstić information content (AvgIpc) is 3.39. The van der Waals surface area contributed by atoms with Gasteiger partial charge in [-0.2, -0.15) is 18.3 Å². The van der Waals surface area contributed by atoms with E-state index in [-0.39, 0.29) is 11.8 Å². The number of hydrogen-bond donors (Lipinski definition) is 0. The molecule has 1 aliphatic carbocycles. The minimum atomic E-state index is -4.42. The molecule has 0 unspecified atom stereocenters. The molecule has 146 valence electrons. The fourth-order valence-corrected chi connectivity index (χ4v) is 3.21. The molecule has 1 saturated carbocycles. The molecule has 1 aliphatic rings. The minimum Gasteiger partial charge on any atom is -0.339 e. The number of nitrogens with zero attached hydrogens (tertiary/aromatic N) is 3. The highest BCUT2D eigenvalue weighted by Crippen LogP contribution is 2.43. The normalized spacial score (nSPS) is 14.4. The van der Waals surface area contributed by atoms with Crippen LogP contribution in [0.4, 0.5) is 13.2 Å². The van der Waals surface area contributed by atoms with Crippen molar-refractivity contribution in [2.75, 3.05) is 13.1 Å². The molecule has 0 spiro atoms. The second kappa shape index (κ2) is 7.74. The van der Waals surface area contributed by atoms with Crippen LogP contribution in [-0.2, 0) is 6.18 Å². The highest BCUT2D eigenvalue weighted by atomic mass is 19.4. The largest absolute Gasteiger partial charge is 0.416 e. The lowest BCUT2D eigenvalue weighted by atomic mass is 10.1. The molecule has 3 rings (SSSR count). The van der Waals surface area contributed by atoms with E-state index in [1.165, 1.54) is 16.9 Å². The summed E-state index contributed by atoms with van der Waals surface area (Å²) in [6.45, 7) is 5.27. The maximum Gasteiger partial charge on any atom is 0.416 e. The first-order chi connectivity index (χ1) is 12.9. The van der Waals surface area contributed by atoms with Gasteiger partial charge in [-0.3, -0.25) is 4.79 Å². The van der Waals surface area contributed by atoms with Crippen LogP contribution in [0, 0.1) is 0 Å². The van der Waals surface area contributed by atoms with Crippen molar-refractivity contribution in [3.8, 4) is 5.69 Å². The number of alkyl halides is 3. The Hall–Kier alpha value is -2.31. The predicted molar refractivity (Wildman–Crippen MR) is 97.0 cm³/mol. The monoisotopic (exact) mass is 379 g/mol. The van der Waals surface area contributed by atoms with E-state index < -0.39 is 11.7 Å². The van der Waals surface area contributed by atoms with Gasteiger partial charge in [0.25, 0.3) is 5.91 Å². The van der Waals surface area contributed by atoms with Gasteiger partial charge in [0.1, 0.15) is 0 Å². The Morgan fingerprint density at radius 3 is 2.63 bits per heavy atom. The lowest BCUT2D eigenvalue weighted by Crippen LogP contribution is -2.32. The topological polar surface area (TPSA) is 38.1 Å². The molecule has 0 atom stereocenters. The average molecular weight is 379 g/mol. The number of halogens is 3. The van der Waals surface area contributed by atoms with Crippen molar-refractivity contribution in [2.45, 2.75) is 51.6 Å². The van der Waals surface area contributed by atoms with E-state index in [0.29, 0.717) is 24.3 Å². The van der Waals surface area contributed by atoms with Crippen molar-refractivity contribution in [2.24, 2.45) is 0 Å². The minimum absolute atomic E-state index is 0.0916. The number of aromatic nitrogens is 2. The summed E-state index contributed by atoms with van der Waals surface area (Å²) in [6.07, 6.45) is 0.840. The summed E-state index contributed by atoms with van der Waals surface area (Å²) in [6, 6.07) is 5.09. The third-order valence-electron chi connectivity index (χ3n) is 4.87. The Labute approximate surface area is 157 Å². The van der Waals surface area contributed by atoms with Crippen molar-refractivity contribution < 1.29 is 18.0 Å². The lowest BCUT2D eigenvalue weighted by Gasteiger charge is -2.21. The number of carbonyl (C=O) groups is 1. The summed E-state index contributed by atoms with van der Waals surface area (Å²) < 4.78 is 40.7. The van der Waals surface area contributed by atoms with Crippen LogP contribution in [0.5, 0.6) is 0 Å². The molecule has 1 aromatic carbocycles. The Balaban J connectivity index is 1.99. The molecule has 1 fully saturated rings. The summed E-state index contributed by atoms with van der Waals surface area (Å²) in [5, 5.41) is 4.29. The van der Waals surface area contributed by atoms with Crippen LogP contribution in [0.2, 0.25) is 0 Å². The van der Waals surface area contributed by atoms with Crippen molar-refractivity contribution in [1.29, 1.82) is 0 Å². The van der Waals surface area contributed by atoms with Crippen LogP contribution in [0.15, 0.2) is 30.5 Å². The van der Waals surface area contributed by atoms with Gasteiger partial charge in [-0.1, -0.05) is 19.4 Å². The van der Waals surface area contributed by atoms with E-state index in [1.54, 1.807) is 11.0 Å². The zero-order chi connectivity index (χ0) is 19.6. The maximum atomic E-state index is 13.1. The van der Waals surface area contributed by atoms with Crippen molar-refractivity contribution in [1.82, 2.24) is 14.7 Å². The predicted octanol–water partition coefficient (Wildman–Crippen LogP) is 5.03. The molecule has 0 radical (unpaired) electrons. The Morgan fingerprint density at radius 2 is 2.04 bits per heavy atom. The van der Waals surface area contributed by atoms with E-state index >= 15 is 0 Å². The fourth-order valence-electron chi connectivity index (χ4n) is 3.21. The smallest absolute Gasteiger partial charge is 0.339 e. The van der Waals surface area contributed by atoms with Crippen molar-refractivity contribution >= 4 is 5.91 Å². The zero-order valence-electron chi connectivity index (χ0n) is 15.6. The van der Waals surface area contributed by atoms with Crippen LogP contribution in [0.1, 0.15) is 67.1 Å². The number of unbranched alkanes of at least 4 members (excludes halogenated alkanes) is 1. The fraction of sp³-hybridized carbons (Fsp3) is 0.500. The third-order valence-corrected chi connectivity index (χ3v) is 4.87. The zero-order valence-corrected chi connectivity index (χ0v) is 15.6. The Bertz CT molecular complexity index is 809. The first-order valence-corrected chi connectivity index (χ1v) is 9.41. The third kappa shape index (κ3) is 4.17. The van der Waals surface area contributed by atoms with E-state index in [2.05, 4.69) is 12.0 Å². The highest BCUT2D eigenvalue weighted by Gasteiger charge is 2.35. The van der Waals surface area contributed by atoms with Gasteiger partial charge in [0.05, 0.1) is 28.7 Å². The molecular weight excluding hydrogens is 355 g/mol. The Kier molecular flexibility index (Phi) is 5.58. The van der Waals surface area contributed by atoms with Crippen molar-refractivity contribution in [3.05, 3.63) is 47.3 Å². The second-order valence-electron chi connectivity index (χ2n) is 6.92.